The normalized spacial score (nSPS) is 12.0. The van der Waals surface area contributed by atoms with Crippen molar-refractivity contribution in [1.82, 2.24) is 24.5 Å². The van der Waals surface area contributed by atoms with Gasteiger partial charge in [0.1, 0.15) is 22.3 Å². The van der Waals surface area contributed by atoms with Crippen molar-refractivity contribution in [3.05, 3.63) is 368 Å². The van der Waals surface area contributed by atoms with Crippen LogP contribution in [-0.2, 0) is 6.42 Å². The summed E-state index contributed by atoms with van der Waals surface area (Å²) >= 11 is 6.34. The van der Waals surface area contributed by atoms with Crippen molar-refractivity contribution in [3.8, 4) is 61.8 Å². The summed E-state index contributed by atoms with van der Waals surface area (Å²) in [5.41, 5.74) is 21.8. The first-order chi connectivity index (χ1) is 53.9. The molecular formula is C101H60ClN5O2. The molecule has 109 heavy (non-hydrogen) atoms. The van der Waals surface area contributed by atoms with E-state index < -0.39 is 0 Å². The van der Waals surface area contributed by atoms with Gasteiger partial charge in [-0.3, -0.25) is 4.57 Å². The van der Waals surface area contributed by atoms with Crippen LogP contribution in [0.4, 0.5) is 0 Å². The van der Waals surface area contributed by atoms with Gasteiger partial charge in [0.15, 0.2) is 0 Å². The SMILES string of the molecule is Clc1nc(-c2ccc(-c3cccc4ccccc34)cc2)c2ccc3ccccc3c2n1.c1ccc2c(-c3ccc(-c4nc(-n5c6ccccc6c6cc7ccc8c9ccccc9oc8c7cc65)nc5c4ccc4ccccc45)cc3)cccc2c1.c1ccc2c(c1)Cc1cc3c(ccc4c5ccccc5oc34)cc1-2. The molecule has 23 aromatic rings. The Hall–Kier alpha value is -14.1. The van der Waals surface area contributed by atoms with E-state index in [1.165, 1.54) is 87.6 Å². The lowest BCUT2D eigenvalue weighted by molar-refractivity contribution is 0.672. The van der Waals surface area contributed by atoms with Gasteiger partial charge in [0.25, 0.3) is 0 Å². The maximum atomic E-state index is 6.54. The van der Waals surface area contributed by atoms with Gasteiger partial charge in [0.2, 0.25) is 11.2 Å². The number of rotatable bonds is 5. The molecule has 1 aliphatic carbocycles. The number of aromatic nitrogens is 5. The summed E-state index contributed by atoms with van der Waals surface area (Å²) in [5, 5.41) is 23.3. The number of benzene rings is 18. The molecule has 0 amide bonds. The van der Waals surface area contributed by atoms with Gasteiger partial charge in [-0.05, 0) is 172 Å². The Morgan fingerprint density at radius 2 is 0.679 bits per heavy atom. The number of furan rings is 2. The molecule has 8 heteroatoms. The Morgan fingerprint density at radius 3 is 1.28 bits per heavy atom. The molecule has 0 saturated heterocycles. The Labute approximate surface area is 629 Å². The maximum absolute atomic E-state index is 6.54. The van der Waals surface area contributed by atoms with E-state index >= 15 is 0 Å². The summed E-state index contributed by atoms with van der Waals surface area (Å²) in [6, 6.07) is 124. The van der Waals surface area contributed by atoms with Crippen LogP contribution in [0.5, 0.6) is 0 Å². The molecule has 5 aromatic heterocycles. The number of nitrogens with zero attached hydrogens (tertiary/aromatic N) is 5. The quantitative estimate of drug-likeness (QED) is 0.126. The van der Waals surface area contributed by atoms with Crippen LogP contribution in [0.15, 0.2) is 361 Å². The maximum Gasteiger partial charge on any atom is 0.235 e. The van der Waals surface area contributed by atoms with Crippen molar-refractivity contribution in [2.24, 2.45) is 0 Å². The average molecular weight is 1410 g/mol. The van der Waals surface area contributed by atoms with Crippen LogP contribution in [0.25, 0.3) is 214 Å². The Bertz CT molecular complexity index is 7710. The van der Waals surface area contributed by atoms with Crippen molar-refractivity contribution in [2.75, 3.05) is 0 Å². The molecule has 508 valence electrons. The third-order valence-corrected chi connectivity index (χ3v) is 22.5. The zero-order valence-corrected chi connectivity index (χ0v) is 59.4. The predicted octanol–water partition coefficient (Wildman–Crippen LogP) is 27.7. The lowest BCUT2D eigenvalue weighted by Gasteiger charge is -2.14. The van der Waals surface area contributed by atoms with E-state index in [1.54, 1.807) is 0 Å². The molecule has 0 aliphatic heterocycles. The summed E-state index contributed by atoms with van der Waals surface area (Å²) in [6.07, 6.45) is 1.01. The van der Waals surface area contributed by atoms with Crippen LogP contribution in [0.3, 0.4) is 0 Å². The van der Waals surface area contributed by atoms with Gasteiger partial charge in [-0.25, -0.2) is 19.9 Å². The molecule has 0 saturated carbocycles. The Morgan fingerprint density at radius 1 is 0.248 bits per heavy atom. The highest BCUT2D eigenvalue weighted by molar-refractivity contribution is 6.29. The molecule has 0 bridgehead atoms. The van der Waals surface area contributed by atoms with E-state index in [9.17, 15) is 0 Å². The van der Waals surface area contributed by atoms with Crippen LogP contribution in [0, 0.1) is 0 Å². The van der Waals surface area contributed by atoms with Gasteiger partial charge < -0.3 is 8.83 Å². The third kappa shape index (κ3) is 10.3. The fourth-order valence-corrected chi connectivity index (χ4v) is 17.3. The number of halogens is 1. The summed E-state index contributed by atoms with van der Waals surface area (Å²) in [4.78, 5) is 20.0. The van der Waals surface area contributed by atoms with Crippen LogP contribution in [0.1, 0.15) is 11.1 Å². The number of fused-ring (bicyclic) bond motifs is 24. The first-order valence-corrected chi connectivity index (χ1v) is 37.3. The average Bonchev–Trinajstić information content (AvgIpc) is 1.59. The Balaban J connectivity index is 0.000000112. The van der Waals surface area contributed by atoms with E-state index in [1.807, 2.05) is 36.4 Å². The molecule has 0 spiro atoms. The highest BCUT2D eigenvalue weighted by Crippen LogP contribution is 2.45. The molecule has 18 aromatic carbocycles. The van der Waals surface area contributed by atoms with Crippen LogP contribution in [-0.4, -0.2) is 24.5 Å². The molecule has 0 radical (unpaired) electrons. The first-order valence-electron chi connectivity index (χ1n) is 36.9. The third-order valence-electron chi connectivity index (χ3n) is 22.3. The minimum atomic E-state index is 0.261. The van der Waals surface area contributed by atoms with E-state index in [0.29, 0.717) is 5.95 Å². The number of hydrogen-bond donors (Lipinski definition) is 0. The van der Waals surface area contributed by atoms with Gasteiger partial charge in [0.05, 0.1) is 33.5 Å². The molecule has 0 fully saturated rings. The molecule has 0 atom stereocenters. The topological polar surface area (TPSA) is 82.8 Å². The summed E-state index contributed by atoms with van der Waals surface area (Å²) in [7, 11) is 0. The first kappa shape index (κ1) is 62.3. The predicted molar refractivity (Wildman–Crippen MR) is 454 cm³/mol. The molecule has 0 unspecified atom stereocenters. The smallest absolute Gasteiger partial charge is 0.235 e. The van der Waals surface area contributed by atoms with Crippen molar-refractivity contribution in [2.45, 2.75) is 6.42 Å². The molecule has 1 aliphatic rings. The summed E-state index contributed by atoms with van der Waals surface area (Å²) < 4.78 is 15.0. The molecule has 0 N–H and O–H groups in total. The van der Waals surface area contributed by atoms with E-state index in [4.69, 9.17) is 30.4 Å². The second-order valence-corrected chi connectivity index (χ2v) is 28.7. The summed E-state index contributed by atoms with van der Waals surface area (Å²) in [6.45, 7) is 0. The second-order valence-electron chi connectivity index (χ2n) is 28.4. The highest BCUT2D eigenvalue weighted by atomic mass is 35.5. The molecule has 24 rings (SSSR count). The number of para-hydroxylation sites is 3. The zero-order chi connectivity index (χ0) is 71.8. The minimum Gasteiger partial charge on any atom is -0.455 e. The van der Waals surface area contributed by atoms with Crippen LogP contribution < -0.4 is 0 Å². The highest BCUT2D eigenvalue weighted by Gasteiger charge is 2.24. The van der Waals surface area contributed by atoms with Gasteiger partial charge >= 0.3 is 0 Å². The van der Waals surface area contributed by atoms with E-state index in [0.717, 1.165) is 138 Å². The fraction of sp³-hybridized carbons (Fsp3) is 0.00990. The largest absolute Gasteiger partial charge is 0.455 e. The lowest BCUT2D eigenvalue weighted by atomic mass is 9.96. The second kappa shape index (κ2) is 25.0. The molecule has 7 nitrogen and oxygen atoms in total. The molecular weight excluding hydrogens is 1350 g/mol. The minimum absolute atomic E-state index is 0.261. The lowest BCUT2D eigenvalue weighted by Crippen LogP contribution is -2.04. The van der Waals surface area contributed by atoms with Gasteiger partial charge in [-0.1, -0.05) is 285 Å². The van der Waals surface area contributed by atoms with Crippen LogP contribution in [0.2, 0.25) is 5.28 Å². The van der Waals surface area contributed by atoms with Crippen LogP contribution >= 0.6 is 11.6 Å². The molecule has 5 heterocycles. The monoisotopic (exact) mass is 1410 g/mol. The van der Waals surface area contributed by atoms with Crippen molar-refractivity contribution in [3.63, 3.8) is 0 Å². The Kier molecular flexibility index (Phi) is 14.3. The zero-order valence-electron chi connectivity index (χ0n) is 58.6. The van der Waals surface area contributed by atoms with Gasteiger partial charge in [0, 0.05) is 75.8 Å². The van der Waals surface area contributed by atoms with Crippen molar-refractivity contribution < 1.29 is 8.83 Å². The standard InChI is InChI=1S/C50H29N3O.C28H17ClN2.C23H14O/c1-3-13-35-30(10-1)12-9-17-36(35)32-20-22-33(23-21-32)47-41-27-24-31-11-2-4-14-37(31)48(41)52-50(51-47)53-44-18-7-5-15-38(44)43-28-34-25-26-40-39-16-6-8-19-46(39)54-49(40)42(34)29-45(43)53;29-28-30-26(25-17-16-19-7-2-4-10-24(19)27(25)31-28)21-14-12-20(13-15-21)23-11-5-8-18-6-1-3-9-22(18)23;1-2-6-17-14(5-1)11-16-13-21-15(12-20(16)17)9-10-19-18-7-3-4-8-22(18)24-23(19)21/h1-29H;1-17H;1-10,12-13H,11H2. The van der Waals surface area contributed by atoms with Crippen molar-refractivity contribution in [1.29, 1.82) is 0 Å². The van der Waals surface area contributed by atoms with Gasteiger partial charge in [-0.15, -0.1) is 0 Å². The summed E-state index contributed by atoms with van der Waals surface area (Å²) in [5.74, 6) is 0.634. The number of hydrogen-bond acceptors (Lipinski definition) is 6. The van der Waals surface area contributed by atoms with Gasteiger partial charge in [-0.2, -0.15) is 0 Å². The van der Waals surface area contributed by atoms with E-state index in [-0.39, 0.29) is 5.28 Å². The van der Waals surface area contributed by atoms with Crippen molar-refractivity contribution >= 4 is 164 Å². The fourth-order valence-electron chi connectivity index (χ4n) is 17.1. The van der Waals surface area contributed by atoms with E-state index in [2.05, 4.69) is 330 Å².